The molecule has 0 aliphatic carbocycles. The van der Waals surface area contributed by atoms with Crippen LogP contribution in [0, 0.1) is 0 Å². The van der Waals surface area contributed by atoms with Crippen molar-refractivity contribution < 1.29 is 4.79 Å². The number of anilines is 2. The summed E-state index contributed by atoms with van der Waals surface area (Å²) in [6.45, 7) is 1.32. The van der Waals surface area contributed by atoms with Gasteiger partial charge in [-0.25, -0.2) is 0 Å². The zero-order chi connectivity index (χ0) is 12.5. The molecular formula is C12H13N5O. The van der Waals surface area contributed by atoms with E-state index in [0.29, 0.717) is 18.9 Å². The van der Waals surface area contributed by atoms with Crippen LogP contribution in [0.5, 0.6) is 0 Å². The summed E-state index contributed by atoms with van der Waals surface area (Å²) in [6.07, 6.45) is 2.55. The van der Waals surface area contributed by atoms with E-state index in [-0.39, 0.29) is 0 Å². The number of aryl methyl sites for hydroxylation is 1. The molecule has 0 radical (unpaired) electrons. The Hall–Kier alpha value is -2.37. The third kappa shape index (κ3) is 1.81. The maximum absolute atomic E-state index is 10.8. The number of hydrogen-bond acceptors (Lipinski definition) is 4. The van der Waals surface area contributed by atoms with Crippen LogP contribution in [0.2, 0.25) is 0 Å². The summed E-state index contributed by atoms with van der Waals surface area (Å²) in [5, 5.41) is 11.4. The summed E-state index contributed by atoms with van der Waals surface area (Å²) < 4.78 is 0. The van der Waals surface area contributed by atoms with Crippen LogP contribution in [0.4, 0.5) is 11.5 Å². The van der Waals surface area contributed by atoms with Gasteiger partial charge in [0, 0.05) is 25.8 Å². The lowest BCUT2D eigenvalue weighted by Crippen LogP contribution is -2.12. The monoisotopic (exact) mass is 243 g/mol. The first-order valence-corrected chi connectivity index (χ1v) is 5.70. The average Bonchev–Trinajstić information content (AvgIpc) is 2.96. The summed E-state index contributed by atoms with van der Waals surface area (Å²) in [7, 11) is 1.77. The molecule has 6 heteroatoms. The summed E-state index contributed by atoms with van der Waals surface area (Å²) in [5.74, 6) is 0.704. The molecule has 1 amide bonds. The fourth-order valence-electron chi connectivity index (χ4n) is 2.18. The third-order valence-electron chi connectivity index (χ3n) is 3.02. The number of aromatic nitrogens is 3. The molecule has 1 aliphatic heterocycles. The minimum Gasteiger partial charge on any atom is -0.337 e. The molecule has 0 bridgehead atoms. The van der Waals surface area contributed by atoms with E-state index < -0.39 is 0 Å². The van der Waals surface area contributed by atoms with Crippen molar-refractivity contribution in [2.75, 3.05) is 5.32 Å². The summed E-state index contributed by atoms with van der Waals surface area (Å²) >= 11 is 0. The van der Waals surface area contributed by atoms with Crippen molar-refractivity contribution in [3.05, 3.63) is 35.5 Å². The van der Waals surface area contributed by atoms with Crippen molar-refractivity contribution >= 4 is 17.9 Å². The van der Waals surface area contributed by atoms with Crippen LogP contribution in [0.3, 0.4) is 0 Å². The van der Waals surface area contributed by atoms with E-state index in [9.17, 15) is 4.79 Å². The molecule has 0 fully saturated rings. The van der Waals surface area contributed by atoms with Crippen LogP contribution < -0.4 is 5.32 Å². The lowest BCUT2D eigenvalue weighted by molar-refractivity contribution is -0.118. The lowest BCUT2D eigenvalue weighted by Gasteiger charge is -2.08. The van der Waals surface area contributed by atoms with Gasteiger partial charge in [-0.2, -0.15) is 9.90 Å². The second-order valence-corrected chi connectivity index (χ2v) is 4.30. The van der Waals surface area contributed by atoms with Crippen LogP contribution in [0.15, 0.2) is 24.4 Å². The first kappa shape index (κ1) is 10.8. The Morgan fingerprint density at radius 1 is 1.39 bits per heavy atom. The van der Waals surface area contributed by atoms with Crippen molar-refractivity contribution in [3.63, 3.8) is 0 Å². The third-order valence-corrected chi connectivity index (χ3v) is 3.02. The van der Waals surface area contributed by atoms with E-state index in [1.54, 1.807) is 18.1 Å². The Kier molecular flexibility index (Phi) is 2.47. The SMILES string of the molecule is Cn1ncc(Nc2cccc3c2CN(C=O)C3)n1. The van der Waals surface area contributed by atoms with Gasteiger partial charge in [0.05, 0.1) is 6.20 Å². The van der Waals surface area contributed by atoms with Gasteiger partial charge in [-0.05, 0) is 17.2 Å². The molecule has 0 saturated carbocycles. The highest BCUT2D eigenvalue weighted by atomic mass is 16.1. The number of nitrogens with one attached hydrogen (secondary N) is 1. The number of rotatable bonds is 3. The second kappa shape index (κ2) is 4.14. The van der Waals surface area contributed by atoms with E-state index in [0.717, 1.165) is 17.7 Å². The normalized spacial score (nSPS) is 13.5. The Balaban J connectivity index is 1.90. The second-order valence-electron chi connectivity index (χ2n) is 4.30. The molecule has 6 nitrogen and oxygen atoms in total. The van der Waals surface area contributed by atoms with Crippen molar-refractivity contribution in [3.8, 4) is 0 Å². The minimum absolute atomic E-state index is 0.641. The smallest absolute Gasteiger partial charge is 0.210 e. The molecule has 1 aliphatic rings. The first-order chi connectivity index (χ1) is 8.76. The largest absolute Gasteiger partial charge is 0.337 e. The number of hydrogen-bond donors (Lipinski definition) is 1. The zero-order valence-corrected chi connectivity index (χ0v) is 10.00. The standard InChI is InChI=1S/C12H13N5O/c1-16-13-5-12(15-16)14-11-4-2-3-9-6-17(8-18)7-10(9)11/h2-5,8H,6-7H2,1H3,(H,14,15). The van der Waals surface area contributed by atoms with E-state index in [4.69, 9.17) is 0 Å². The van der Waals surface area contributed by atoms with Gasteiger partial charge in [-0.3, -0.25) is 4.79 Å². The van der Waals surface area contributed by atoms with Crippen molar-refractivity contribution in [2.24, 2.45) is 7.05 Å². The predicted molar refractivity (Wildman–Crippen MR) is 66.0 cm³/mol. The van der Waals surface area contributed by atoms with Gasteiger partial charge in [-0.1, -0.05) is 12.1 Å². The highest BCUT2D eigenvalue weighted by Gasteiger charge is 2.20. The molecule has 2 aromatic rings. The molecule has 0 atom stereocenters. The number of amides is 1. The summed E-state index contributed by atoms with van der Waals surface area (Å²) in [4.78, 5) is 14.1. The topological polar surface area (TPSA) is 63.1 Å². The molecular weight excluding hydrogens is 230 g/mol. The van der Waals surface area contributed by atoms with E-state index in [2.05, 4.69) is 15.5 Å². The molecule has 1 aromatic heterocycles. The average molecular weight is 243 g/mol. The molecule has 2 heterocycles. The fourth-order valence-corrected chi connectivity index (χ4v) is 2.18. The molecule has 3 rings (SSSR count). The highest BCUT2D eigenvalue weighted by molar-refractivity contribution is 5.64. The van der Waals surface area contributed by atoms with Gasteiger partial charge in [0.25, 0.3) is 0 Å². The van der Waals surface area contributed by atoms with Crippen LogP contribution in [-0.4, -0.2) is 26.3 Å². The zero-order valence-electron chi connectivity index (χ0n) is 10.00. The van der Waals surface area contributed by atoms with Crippen molar-refractivity contribution in [1.29, 1.82) is 0 Å². The maximum Gasteiger partial charge on any atom is 0.210 e. The van der Waals surface area contributed by atoms with E-state index >= 15 is 0 Å². The van der Waals surface area contributed by atoms with Crippen molar-refractivity contribution in [1.82, 2.24) is 19.9 Å². The van der Waals surface area contributed by atoms with Gasteiger partial charge in [0.2, 0.25) is 6.41 Å². The molecule has 0 unspecified atom stereocenters. The molecule has 0 saturated heterocycles. The molecule has 92 valence electrons. The maximum atomic E-state index is 10.8. The highest BCUT2D eigenvalue weighted by Crippen LogP contribution is 2.29. The number of nitrogens with zero attached hydrogens (tertiary/aromatic N) is 4. The first-order valence-electron chi connectivity index (χ1n) is 5.70. The lowest BCUT2D eigenvalue weighted by atomic mass is 10.1. The number of fused-ring (bicyclic) bond motifs is 1. The van der Waals surface area contributed by atoms with Crippen LogP contribution in [-0.2, 0) is 24.9 Å². The molecule has 1 aromatic carbocycles. The Labute approximate surface area is 104 Å². The predicted octanol–water partition coefficient (Wildman–Crippen LogP) is 1.03. The Morgan fingerprint density at radius 3 is 3.00 bits per heavy atom. The van der Waals surface area contributed by atoms with Gasteiger partial charge >= 0.3 is 0 Å². The van der Waals surface area contributed by atoms with E-state index in [1.165, 1.54) is 10.4 Å². The molecule has 18 heavy (non-hydrogen) atoms. The van der Waals surface area contributed by atoms with Gasteiger partial charge < -0.3 is 10.2 Å². The fraction of sp³-hybridized carbons (Fsp3) is 0.250. The van der Waals surface area contributed by atoms with Gasteiger partial charge in [0.1, 0.15) is 0 Å². The Bertz CT molecular complexity index is 592. The van der Waals surface area contributed by atoms with Crippen LogP contribution >= 0.6 is 0 Å². The molecule has 0 spiro atoms. The van der Waals surface area contributed by atoms with Crippen LogP contribution in [0.1, 0.15) is 11.1 Å². The molecule has 1 N–H and O–H groups in total. The minimum atomic E-state index is 0.641. The van der Waals surface area contributed by atoms with Gasteiger partial charge in [-0.15, -0.1) is 5.10 Å². The summed E-state index contributed by atoms with van der Waals surface area (Å²) in [6, 6.07) is 6.01. The van der Waals surface area contributed by atoms with Gasteiger partial charge in [0.15, 0.2) is 5.82 Å². The summed E-state index contributed by atoms with van der Waals surface area (Å²) in [5.41, 5.74) is 3.31. The van der Waals surface area contributed by atoms with Crippen LogP contribution in [0.25, 0.3) is 0 Å². The number of carbonyl (C=O) groups excluding carboxylic acids is 1. The number of benzene rings is 1. The quantitative estimate of drug-likeness (QED) is 0.818. The Morgan fingerprint density at radius 2 is 2.28 bits per heavy atom. The number of carbonyl (C=O) groups is 1. The van der Waals surface area contributed by atoms with Crippen molar-refractivity contribution in [2.45, 2.75) is 13.1 Å². The van der Waals surface area contributed by atoms with E-state index in [1.807, 2.05) is 18.2 Å².